The lowest BCUT2D eigenvalue weighted by Gasteiger charge is -2.42. The van der Waals surface area contributed by atoms with Crippen LogP contribution in [0, 0.1) is 5.82 Å². The highest BCUT2D eigenvalue weighted by Crippen LogP contribution is 2.32. The Kier molecular flexibility index (Phi) is 5.30. The highest BCUT2D eigenvalue weighted by atomic mass is 35.5. The maximum Gasteiger partial charge on any atom is 0.273 e. The molecule has 1 saturated heterocycles. The normalized spacial score (nSPS) is 16.7. The molecule has 0 atom stereocenters. The Morgan fingerprint density at radius 2 is 1.97 bits per heavy atom. The van der Waals surface area contributed by atoms with E-state index < -0.39 is 5.82 Å². The molecule has 1 N–H and O–H groups in total. The zero-order valence-corrected chi connectivity index (χ0v) is 19.2. The Balaban J connectivity index is 1.85. The molecule has 3 heterocycles. The number of carbonyl (C=O) groups is 1. The summed E-state index contributed by atoms with van der Waals surface area (Å²) >= 11 is 5.86. The van der Waals surface area contributed by atoms with Gasteiger partial charge in [-0.1, -0.05) is 17.7 Å². The Hall–Kier alpha value is -2.51. The van der Waals surface area contributed by atoms with Crippen molar-refractivity contribution in [1.82, 2.24) is 25.0 Å². The second-order valence-corrected chi connectivity index (χ2v) is 9.98. The van der Waals surface area contributed by atoms with Crippen molar-refractivity contribution in [3.63, 3.8) is 0 Å². The molecule has 2 aromatic heterocycles. The first-order valence-corrected chi connectivity index (χ1v) is 10.8. The molecule has 1 aromatic carbocycles. The van der Waals surface area contributed by atoms with Crippen LogP contribution in [0.2, 0.25) is 5.02 Å². The molecule has 1 aliphatic rings. The number of piperazine rings is 1. The predicted octanol–water partition coefficient (Wildman–Crippen LogP) is 4.47. The number of hydrogen-bond donors (Lipinski definition) is 1. The summed E-state index contributed by atoms with van der Waals surface area (Å²) in [6, 6.07) is 8.21. The van der Waals surface area contributed by atoms with Gasteiger partial charge in [0.25, 0.3) is 5.91 Å². The van der Waals surface area contributed by atoms with Crippen LogP contribution in [0.15, 0.2) is 30.3 Å². The Morgan fingerprint density at radius 3 is 2.61 bits per heavy atom. The molecule has 6 nitrogen and oxygen atoms in total. The van der Waals surface area contributed by atoms with E-state index in [-0.39, 0.29) is 22.0 Å². The third kappa shape index (κ3) is 3.92. The number of pyridine rings is 1. The molecular weight excluding hydrogens is 417 g/mol. The number of rotatable bonds is 2. The highest BCUT2D eigenvalue weighted by Gasteiger charge is 2.34. The van der Waals surface area contributed by atoms with Crippen molar-refractivity contribution in [2.75, 3.05) is 19.6 Å². The number of aromatic nitrogens is 3. The van der Waals surface area contributed by atoms with Gasteiger partial charge in [-0.15, -0.1) is 0 Å². The summed E-state index contributed by atoms with van der Waals surface area (Å²) in [5, 5.41) is 8.90. The lowest BCUT2D eigenvalue weighted by atomic mass is 9.99. The van der Waals surface area contributed by atoms with Crippen molar-refractivity contribution in [3.05, 3.63) is 46.9 Å². The third-order valence-electron chi connectivity index (χ3n) is 5.62. The first-order valence-electron chi connectivity index (χ1n) is 10.4. The second-order valence-electron chi connectivity index (χ2n) is 9.57. The summed E-state index contributed by atoms with van der Waals surface area (Å²) in [5.74, 6) is -0.604. The second kappa shape index (κ2) is 7.57. The first kappa shape index (κ1) is 21.7. The molecule has 0 bridgehead atoms. The number of halogens is 2. The average molecular weight is 444 g/mol. The first-order chi connectivity index (χ1) is 14.5. The quantitative estimate of drug-likeness (QED) is 0.634. The van der Waals surface area contributed by atoms with Crippen LogP contribution in [0.25, 0.3) is 22.3 Å². The van der Waals surface area contributed by atoms with Gasteiger partial charge in [-0.3, -0.25) is 4.79 Å². The minimum Gasteiger partial charge on any atom is -0.330 e. The molecule has 31 heavy (non-hydrogen) atoms. The minimum atomic E-state index is -0.502. The van der Waals surface area contributed by atoms with Crippen LogP contribution < -0.4 is 5.32 Å². The molecule has 164 valence electrons. The van der Waals surface area contributed by atoms with Gasteiger partial charge < -0.3 is 10.2 Å². The molecule has 0 saturated carbocycles. The molecule has 0 spiro atoms. The topological polar surface area (TPSA) is 63.1 Å². The lowest BCUT2D eigenvalue weighted by molar-refractivity contribution is 0.0471. The van der Waals surface area contributed by atoms with Gasteiger partial charge in [-0.2, -0.15) is 5.10 Å². The molecule has 1 aliphatic heterocycles. The molecule has 1 amide bonds. The molecule has 0 aliphatic carbocycles. The maximum atomic E-state index is 14.1. The van der Waals surface area contributed by atoms with E-state index in [0.717, 1.165) is 18.5 Å². The van der Waals surface area contributed by atoms with Crippen molar-refractivity contribution in [2.45, 2.75) is 45.7 Å². The highest BCUT2D eigenvalue weighted by molar-refractivity contribution is 6.30. The molecular formula is C23H27ClFN5O. The number of carbonyl (C=O) groups excluding carboxylic acids is 1. The van der Waals surface area contributed by atoms with Gasteiger partial charge in [0.05, 0.1) is 16.1 Å². The smallest absolute Gasteiger partial charge is 0.273 e. The lowest BCUT2D eigenvalue weighted by Crippen LogP contribution is -2.59. The number of amides is 1. The molecule has 1 fully saturated rings. The van der Waals surface area contributed by atoms with E-state index in [1.165, 1.54) is 12.1 Å². The van der Waals surface area contributed by atoms with Gasteiger partial charge in [0.2, 0.25) is 0 Å². The zero-order valence-electron chi connectivity index (χ0n) is 18.5. The van der Waals surface area contributed by atoms with Gasteiger partial charge in [0, 0.05) is 30.6 Å². The number of hydrogen-bond acceptors (Lipinski definition) is 4. The van der Waals surface area contributed by atoms with Crippen LogP contribution in [0.1, 0.15) is 45.1 Å². The molecule has 0 unspecified atom stereocenters. The largest absolute Gasteiger partial charge is 0.330 e. The maximum absolute atomic E-state index is 14.1. The molecule has 0 radical (unpaired) electrons. The van der Waals surface area contributed by atoms with Crippen LogP contribution in [0.3, 0.4) is 0 Å². The van der Waals surface area contributed by atoms with E-state index in [1.807, 2.05) is 45.6 Å². The SMILES string of the molecule is CC1(C)CNCCN1C(=O)c1ccc2c(-c3ccc(Cl)c(F)c3)nn(C(C)(C)C)c2n1. The van der Waals surface area contributed by atoms with Gasteiger partial charge >= 0.3 is 0 Å². The number of nitrogens with one attached hydrogen (secondary N) is 1. The monoisotopic (exact) mass is 443 g/mol. The van der Waals surface area contributed by atoms with E-state index in [2.05, 4.69) is 5.32 Å². The molecule has 3 aromatic rings. The van der Waals surface area contributed by atoms with Crippen LogP contribution in [0.4, 0.5) is 4.39 Å². The van der Waals surface area contributed by atoms with Crippen LogP contribution >= 0.6 is 11.6 Å². The molecule has 8 heteroatoms. The zero-order chi connectivity index (χ0) is 22.6. The van der Waals surface area contributed by atoms with Crippen molar-refractivity contribution in [1.29, 1.82) is 0 Å². The fourth-order valence-electron chi connectivity index (χ4n) is 3.94. The minimum absolute atomic E-state index is 0.0629. The molecule has 4 rings (SSSR count). The fraction of sp³-hybridized carbons (Fsp3) is 0.435. The summed E-state index contributed by atoms with van der Waals surface area (Å²) in [6.07, 6.45) is 0. The summed E-state index contributed by atoms with van der Waals surface area (Å²) < 4.78 is 15.9. The van der Waals surface area contributed by atoms with E-state index in [9.17, 15) is 9.18 Å². The van der Waals surface area contributed by atoms with E-state index in [1.54, 1.807) is 16.8 Å². The van der Waals surface area contributed by atoms with Crippen LogP contribution in [0.5, 0.6) is 0 Å². The van der Waals surface area contributed by atoms with E-state index in [4.69, 9.17) is 21.7 Å². The van der Waals surface area contributed by atoms with Gasteiger partial charge in [0.15, 0.2) is 5.65 Å². The summed E-state index contributed by atoms with van der Waals surface area (Å²) in [5.41, 5.74) is 1.50. The third-order valence-corrected chi connectivity index (χ3v) is 5.93. The van der Waals surface area contributed by atoms with Crippen molar-refractivity contribution >= 4 is 28.5 Å². The predicted molar refractivity (Wildman–Crippen MR) is 121 cm³/mol. The Labute approximate surface area is 186 Å². The van der Waals surface area contributed by atoms with Crippen LogP contribution in [-0.4, -0.2) is 50.7 Å². The Morgan fingerprint density at radius 1 is 1.23 bits per heavy atom. The van der Waals surface area contributed by atoms with Crippen molar-refractivity contribution in [2.24, 2.45) is 0 Å². The van der Waals surface area contributed by atoms with Crippen molar-refractivity contribution in [3.8, 4) is 11.3 Å². The number of nitrogens with zero attached hydrogens (tertiary/aromatic N) is 4. The van der Waals surface area contributed by atoms with E-state index >= 15 is 0 Å². The van der Waals surface area contributed by atoms with Crippen LogP contribution in [-0.2, 0) is 5.54 Å². The number of fused-ring (bicyclic) bond motifs is 1. The van der Waals surface area contributed by atoms with Gasteiger partial charge in [-0.05, 0) is 58.9 Å². The summed E-state index contributed by atoms with van der Waals surface area (Å²) in [6.45, 7) is 12.2. The van der Waals surface area contributed by atoms with Gasteiger partial charge in [0.1, 0.15) is 17.2 Å². The average Bonchev–Trinajstić information content (AvgIpc) is 3.08. The van der Waals surface area contributed by atoms with E-state index in [0.29, 0.717) is 29.1 Å². The summed E-state index contributed by atoms with van der Waals surface area (Å²) in [4.78, 5) is 19.9. The van der Waals surface area contributed by atoms with Gasteiger partial charge in [-0.25, -0.2) is 14.1 Å². The Bertz CT molecular complexity index is 1160. The standard InChI is InChI=1S/C23H27ClFN5O/c1-22(2,3)30-20-15(19(28-30)14-6-8-16(24)17(25)12-14)7-9-18(27-20)21(31)29-11-10-26-13-23(29,4)5/h6-9,12,26H,10-11,13H2,1-5H3. The fourth-order valence-corrected chi connectivity index (χ4v) is 4.05. The van der Waals surface area contributed by atoms with Crippen molar-refractivity contribution < 1.29 is 9.18 Å². The summed E-state index contributed by atoms with van der Waals surface area (Å²) in [7, 11) is 0. The number of benzene rings is 1.